The number of nitrogens with zero attached hydrogens (tertiary/aromatic N) is 2. The molecule has 0 bridgehead atoms. The second kappa shape index (κ2) is 6.14. The van der Waals surface area contributed by atoms with Crippen LogP contribution in [0.3, 0.4) is 0 Å². The summed E-state index contributed by atoms with van der Waals surface area (Å²) in [6, 6.07) is 14.3. The molecule has 7 nitrogen and oxygen atoms in total. The fourth-order valence-electron chi connectivity index (χ4n) is 3.46. The number of aromatic nitrogens is 2. The van der Waals surface area contributed by atoms with Crippen LogP contribution < -0.4 is 15.7 Å². The summed E-state index contributed by atoms with van der Waals surface area (Å²) in [4.78, 5) is 33.9. The molecule has 3 aromatic heterocycles. The predicted molar refractivity (Wildman–Crippen MR) is 106 cm³/mol. The molecule has 4 aromatic rings. The fourth-order valence-corrected chi connectivity index (χ4v) is 5.31. The first-order valence-electron chi connectivity index (χ1n) is 8.43. The Labute approximate surface area is 161 Å². The Morgan fingerprint density at radius 1 is 0.964 bits per heavy atom. The van der Waals surface area contributed by atoms with E-state index in [4.69, 9.17) is 0 Å². The number of anilines is 2. The maximum atomic E-state index is 12.2. The van der Waals surface area contributed by atoms with Crippen LogP contribution >= 0.6 is 10.5 Å². The first-order valence-corrected chi connectivity index (χ1v) is 9.65. The molecule has 0 radical (unpaired) electrons. The summed E-state index contributed by atoms with van der Waals surface area (Å²) < 4.78 is 0. The van der Waals surface area contributed by atoms with E-state index in [1.54, 1.807) is 24.4 Å². The Bertz CT molecular complexity index is 1270. The first-order chi connectivity index (χ1) is 13.6. The van der Waals surface area contributed by atoms with Gasteiger partial charge < -0.3 is 20.5 Å². The molecule has 0 spiro atoms. The predicted octanol–water partition coefficient (Wildman–Crippen LogP) is 3.86. The van der Waals surface area contributed by atoms with E-state index < -0.39 is 21.8 Å². The number of carbonyl (C=O) groups is 2. The number of thiophene rings is 1. The van der Waals surface area contributed by atoms with Crippen molar-refractivity contribution in [3.8, 4) is 21.7 Å². The highest BCUT2D eigenvalue weighted by Gasteiger charge is 2.37. The third-order valence-electron chi connectivity index (χ3n) is 4.54. The third-order valence-corrected chi connectivity index (χ3v) is 6.41. The zero-order valence-electron chi connectivity index (χ0n) is 14.3. The van der Waals surface area contributed by atoms with Gasteiger partial charge in [0, 0.05) is 18.0 Å². The average Bonchev–Trinajstić information content (AvgIpc) is 3.04. The van der Waals surface area contributed by atoms with Crippen molar-refractivity contribution in [2.75, 3.05) is 10.6 Å². The molecule has 8 heteroatoms. The van der Waals surface area contributed by atoms with Gasteiger partial charge in [0.2, 0.25) is 4.88 Å². The van der Waals surface area contributed by atoms with Crippen LogP contribution in [-0.4, -0.2) is 21.3 Å². The van der Waals surface area contributed by atoms with Crippen molar-refractivity contribution in [2.45, 2.75) is 0 Å². The zero-order valence-corrected chi connectivity index (χ0v) is 15.1. The Morgan fingerprint density at radius 2 is 1.79 bits per heavy atom. The van der Waals surface area contributed by atoms with Crippen molar-refractivity contribution in [1.29, 1.82) is 0 Å². The lowest BCUT2D eigenvalue weighted by atomic mass is 10.0. The largest absolute Gasteiger partial charge is 0.500 e. The van der Waals surface area contributed by atoms with Crippen LogP contribution in [0.5, 0.6) is 0 Å². The van der Waals surface area contributed by atoms with Crippen LogP contribution in [0.15, 0.2) is 60.9 Å². The van der Waals surface area contributed by atoms with Crippen LogP contribution in [0.25, 0.3) is 31.9 Å². The number of benzene rings is 1. The minimum Gasteiger partial charge on any atom is -0.500 e. The van der Waals surface area contributed by atoms with Crippen LogP contribution in [0.2, 0.25) is 0 Å². The molecular weight excluding hydrogens is 376 g/mol. The topological polar surface area (TPSA) is 107 Å². The van der Waals surface area contributed by atoms with Gasteiger partial charge in [-0.1, -0.05) is 30.3 Å². The summed E-state index contributed by atoms with van der Waals surface area (Å²) in [6.07, 6.45) is 3.14. The Kier molecular flexibility index (Phi) is 3.59. The van der Waals surface area contributed by atoms with Gasteiger partial charge in [0.1, 0.15) is 11.1 Å². The van der Waals surface area contributed by atoms with E-state index >= 15 is 0 Å². The smallest absolute Gasteiger partial charge is 0.323 e. The minimum atomic E-state index is -1.46. The molecule has 0 saturated carbocycles. The van der Waals surface area contributed by atoms with E-state index in [1.807, 2.05) is 30.3 Å². The zero-order chi connectivity index (χ0) is 19.3. The van der Waals surface area contributed by atoms with Gasteiger partial charge in [0.25, 0.3) is 4.83 Å². The Hall–Kier alpha value is -3.78. The second-order valence-electron chi connectivity index (χ2n) is 6.14. The number of rotatable bonds is 3. The van der Waals surface area contributed by atoms with Gasteiger partial charge in [-0.25, -0.2) is 9.78 Å². The maximum Gasteiger partial charge on any atom is 0.323 e. The van der Waals surface area contributed by atoms with Crippen LogP contribution in [0.4, 0.5) is 21.0 Å². The summed E-state index contributed by atoms with van der Waals surface area (Å²) in [5.41, 5.74) is 3.08. The maximum absolute atomic E-state index is 12.2. The first kappa shape index (κ1) is 16.4. The second-order valence-corrected chi connectivity index (χ2v) is 7.88. The van der Waals surface area contributed by atoms with E-state index in [1.165, 1.54) is 6.20 Å². The van der Waals surface area contributed by atoms with Crippen molar-refractivity contribution in [2.24, 2.45) is 0 Å². The lowest BCUT2D eigenvalue weighted by molar-refractivity contribution is -0.233. The average molecular weight is 388 g/mol. The summed E-state index contributed by atoms with van der Waals surface area (Å²) in [5.74, 6) is 0. The molecule has 0 aliphatic carbocycles. The minimum absolute atomic E-state index is 0.373. The van der Waals surface area contributed by atoms with Crippen molar-refractivity contribution < 1.29 is 14.7 Å². The number of amides is 2. The molecule has 2 amide bonds. The molecular formula is C20H12N4O3S. The van der Waals surface area contributed by atoms with E-state index in [2.05, 4.69) is 20.6 Å². The van der Waals surface area contributed by atoms with Crippen LogP contribution in [-0.2, 0) is 0 Å². The van der Waals surface area contributed by atoms with Gasteiger partial charge in [-0.15, -0.1) is 0 Å². The summed E-state index contributed by atoms with van der Waals surface area (Å²) in [6.45, 7) is 0. The van der Waals surface area contributed by atoms with Crippen molar-refractivity contribution in [1.82, 2.24) is 9.97 Å². The standard InChI is InChI=1S/C20H12N4O3S/c25-19-23-13-8-10-22-18-14(13)16(24-19)17(28(18)20(26)27)12-7-4-9-21-15(12)11-5-2-1-3-6-11/h1-10H,(H2-,22,23,24,25,26,27). The Morgan fingerprint density at radius 3 is 2.57 bits per heavy atom. The number of carbonyl (C=O) groups excluding carboxylic acids is 2. The molecule has 2 N–H and O–H groups in total. The molecule has 4 heterocycles. The van der Waals surface area contributed by atoms with Crippen molar-refractivity contribution >= 4 is 43.4 Å². The molecule has 0 fully saturated rings. The highest BCUT2D eigenvalue weighted by atomic mass is 32.2. The monoisotopic (exact) mass is 388 g/mol. The summed E-state index contributed by atoms with van der Waals surface area (Å²) in [7, 11) is -1.46. The van der Waals surface area contributed by atoms with Crippen molar-refractivity contribution in [3.05, 3.63) is 60.9 Å². The summed E-state index contributed by atoms with van der Waals surface area (Å²) in [5, 5.41) is 16.9. The van der Waals surface area contributed by atoms with Gasteiger partial charge in [0.15, 0.2) is 0 Å². The number of nitrogens with one attached hydrogen (secondary N) is 2. The number of hydrogen-bond donors (Lipinski definition) is 2. The SMILES string of the molecule is O=C1Nc2ccnc3c2c(c(-c2cccnc2-c2ccccc2)[s+]3C(=O)[O-])N1. The molecule has 28 heavy (non-hydrogen) atoms. The molecule has 0 saturated heterocycles. The molecule has 1 aromatic carbocycles. The van der Waals surface area contributed by atoms with Gasteiger partial charge in [-0.3, -0.25) is 4.98 Å². The fraction of sp³-hybridized carbons (Fsp3) is 0. The molecule has 1 unspecified atom stereocenters. The molecule has 1 atom stereocenters. The molecule has 1 aliphatic rings. The van der Waals surface area contributed by atoms with Gasteiger partial charge in [0.05, 0.1) is 27.4 Å². The van der Waals surface area contributed by atoms with E-state index in [9.17, 15) is 14.7 Å². The molecule has 136 valence electrons. The highest BCUT2D eigenvalue weighted by Crippen LogP contribution is 2.53. The number of pyridine rings is 2. The van der Waals surface area contributed by atoms with E-state index in [0.717, 1.165) is 5.56 Å². The summed E-state index contributed by atoms with van der Waals surface area (Å²) >= 11 is 0. The van der Waals surface area contributed by atoms with Crippen molar-refractivity contribution in [3.63, 3.8) is 0 Å². The normalized spacial score (nSPS) is 13.1. The van der Waals surface area contributed by atoms with Gasteiger partial charge in [-0.05, 0) is 18.2 Å². The lowest BCUT2D eigenvalue weighted by Gasteiger charge is -2.14. The Balaban J connectivity index is 1.91. The van der Waals surface area contributed by atoms with Gasteiger partial charge >= 0.3 is 11.3 Å². The van der Waals surface area contributed by atoms with Gasteiger partial charge in [-0.2, -0.15) is 0 Å². The third kappa shape index (κ3) is 2.35. The number of carboxylic acid groups (broad SMARTS) is 1. The van der Waals surface area contributed by atoms with Crippen LogP contribution in [0, 0.1) is 0 Å². The van der Waals surface area contributed by atoms with Crippen LogP contribution in [0.1, 0.15) is 0 Å². The molecule has 5 rings (SSSR count). The number of urea groups is 1. The quantitative estimate of drug-likeness (QED) is 0.518. The highest BCUT2D eigenvalue weighted by molar-refractivity contribution is 7.57. The lowest BCUT2D eigenvalue weighted by Crippen LogP contribution is -2.23. The van der Waals surface area contributed by atoms with E-state index in [0.29, 0.717) is 37.7 Å². The molecule has 1 aliphatic heterocycles. The van der Waals surface area contributed by atoms with E-state index in [-0.39, 0.29) is 0 Å². The number of hydrogen-bond acceptors (Lipinski definition) is 5.